The summed E-state index contributed by atoms with van der Waals surface area (Å²) in [6.07, 6.45) is 6.41. The Bertz CT molecular complexity index is 880. The van der Waals surface area contributed by atoms with E-state index < -0.39 is 0 Å². The van der Waals surface area contributed by atoms with Gasteiger partial charge in [-0.1, -0.05) is 49.2 Å². The summed E-state index contributed by atoms with van der Waals surface area (Å²) in [5.41, 5.74) is 2.55. The Kier molecular flexibility index (Phi) is 5.47. The predicted octanol–water partition coefficient (Wildman–Crippen LogP) is 3.95. The minimum atomic E-state index is 0.215. The highest BCUT2D eigenvalue weighted by molar-refractivity contribution is 5.80. The van der Waals surface area contributed by atoms with Crippen molar-refractivity contribution in [1.29, 1.82) is 0 Å². The molecule has 2 saturated heterocycles. The Labute approximate surface area is 179 Å². The van der Waals surface area contributed by atoms with Gasteiger partial charge in [-0.25, -0.2) is 4.98 Å². The SMILES string of the molecule is CNc1ncccc1CN1C[C@H]2CN(C(=O)C3CCCC3)[C@H](c3ccccc3)[C@H]2C1. The molecular formula is C25H32N4O. The molecule has 5 nitrogen and oxygen atoms in total. The van der Waals surface area contributed by atoms with Crippen LogP contribution in [0.3, 0.4) is 0 Å². The number of benzene rings is 1. The Morgan fingerprint density at radius 2 is 1.87 bits per heavy atom. The van der Waals surface area contributed by atoms with Gasteiger partial charge in [0.2, 0.25) is 5.91 Å². The fourth-order valence-electron chi connectivity index (χ4n) is 6.01. The number of carbonyl (C=O) groups excluding carboxylic acids is 1. The number of hydrogen-bond donors (Lipinski definition) is 1. The average Bonchev–Trinajstić information content (AvgIpc) is 3.51. The second-order valence-electron chi connectivity index (χ2n) is 9.21. The second-order valence-corrected chi connectivity index (χ2v) is 9.21. The Morgan fingerprint density at radius 3 is 2.63 bits per heavy atom. The molecular weight excluding hydrogens is 372 g/mol. The van der Waals surface area contributed by atoms with Crippen molar-refractivity contribution in [3.8, 4) is 0 Å². The van der Waals surface area contributed by atoms with Crippen molar-refractivity contribution >= 4 is 11.7 Å². The van der Waals surface area contributed by atoms with Gasteiger partial charge in [0.15, 0.2) is 0 Å². The monoisotopic (exact) mass is 404 g/mol. The van der Waals surface area contributed by atoms with E-state index in [9.17, 15) is 4.79 Å². The van der Waals surface area contributed by atoms with Crippen LogP contribution in [0.15, 0.2) is 48.7 Å². The third-order valence-electron chi connectivity index (χ3n) is 7.39. The molecule has 1 N–H and O–H groups in total. The maximum atomic E-state index is 13.4. The molecule has 3 heterocycles. The molecule has 0 radical (unpaired) electrons. The van der Waals surface area contributed by atoms with Gasteiger partial charge in [0, 0.05) is 56.8 Å². The quantitative estimate of drug-likeness (QED) is 0.820. The van der Waals surface area contributed by atoms with Gasteiger partial charge in [-0.3, -0.25) is 9.69 Å². The summed E-state index contributed by atoms with van der Waals surface area (Å²) < 4.78 is 0. The van der Waals surface area contributed by atoms with Crippen molar-refractivity contribution in [3.63, 3.8) is 0 Å². The first kappa shape index (κ1) is 19.6. The third-order valence-corrected chi connectivity index (χ3v) is 7.39. The van der Waals surface area contributed by atoms with Gasteiger partial charge in [-0.2, -0.15) is 0 Å². The van der Waals surface area contributed by atoms with Crippen molar-refractivity contribution in [2.75, 3.05) is 32.0 Å². The summed E-state index contributed by atoms with van der Waals surface area (Å²) in [6, 6.07) is 15.1. The maximum absolute atomic E-state index is 13.4. The Morgan fingerprint density at radius 1 is 1.07 bits per heavy atom. The van der Waals surface area contributed by atoms with E-state index in [0.29, 0.717) is 17.7 Å². The summed E-state index contributed by atoms with van der Waals surface area (Å²) in [4.78, 5) is 22.7. The van der Waals surface area contributed by atoms with E-state index in [1.807, 2.05) is 19.3 Å². The predicted molar refractivity (Wildman–Crippen MR) is 119 cm³/mol. The normalized spacial score (nSPS) is 26.8. The van der Waals surface area contributed by atoms with E-state index in [4.69, 9.17) is 0 Å². The van der Waals surface area contributed by atoms with Crippen molar-refractivity contribution in [1.82, 2.24) is 14.8 Å². The number of fused-ring (bicyclic) bond motifs is 1. The summed E-state index contributed by atoms with van der Waals surface area (Å²) in [5.74, 6) is 2.68. The molecule has 2 aromatic rings. The van der Waals surface area contributed by atoms with Crippen molar-refractivity contribution < 1.29 is 4.79 Å². The lowest BCUT2D eigenvalue weighted by Gasteiger charge is -2.32. The van der Waals surface area contributed by atoms with Crippen molar-refractivity contribution in [2.45, 2.75) is 38.3 Å². The molecule has 3 atom stereocenters. The number of hydrogen-bond acceptors (Lipinski definition) is 4. The van der Waals surface area contributed by atoms with E-state index in [-0.39, 0.29) is 12.0 Å². The van der Waals surface area contributed by atoms with Gasteiger partial charge in [-0.05, 0) is 30.4 Å². The number of pyridine rings is 1. The Balaban J connectivity index is 1.37. The molecule has 30 heavy (non-hydrogen) atoms. The van der Waals surface area contributed by atoms with Gasteiger partial charge < -0.3 is 10.2 Å². The van der Waals surface area contributed by atoms with Crippen LogP contribution < -0.4 is 5.32 Å². The minimum Gasteiger partial charge on any atom is -0.373 e. The van der Waals surface area contributed by atoms with Crippen LogP contribution in [-0.2, 0) is 11.3 Å². The van der Waals surface area contributed by atoms with Gasteiger partial charge in [0.1, 0.15) is 5.82 Å². The molecule has 1 amide bonds. The zero-order chi connectivity index (χ0) is 20.5. The summed E-state index contributed by atoms with van der Waals surface area (Å²) in [5, 5.41) is 3.22. The number of amides is 1. The number of likely N-dealkylation sites (tertiary alicyclic amines) is 2. The highest BCUT2D eigenvalue weighted by Gasteiger charge is 2.50. The molecule has 1 saturated carbocycles. The molecule has 1 aromatic heterocycles. The first-order chi connectivity index (χ1) is 14.7. The molecule has 2 aliphatic heterocycles. The molecule has 158 valence electrons. The van der Waals surface area contributed by atoms with Crippen LogP contribution in [0.2, 0.25) is 0 Å². The molecule has 3 aliphatic rings. The molecule has 0 unspecified atom stereocenters. The lowest BCUT2D eigenvalue weighted by Crippen LogP contribution is -2.38. The molecule has 0 spiro atoms. The largest absolute Gasteiger partial charge is 0.373 e. The van der Waals surface area contributed by atoms with Gasteiger partial charge in [0.05, 0.1) is 6.04 Å². The number of rotatable bonds is 5. The highest BCUT2D eigenvalue weighted by Crippen LogP contribution is 2.46. The second kappa shape index (κ2) is 8.38. The smallest absolute Gasteiger partial charge is 0.226 e. The zero-order valence-electron chi connectivity index (χ0n) is 17.8. The molecule has 0 bridgehead atoms. The molecule has 5 rings (SSSR count). The molecule has 3 fully saturated rings. The number of anilines is 1. The van der Waals surface area contributed by atoms with E-state index in [0.717, 1.165) is 44.8 Å². The van der Waals surface area contributed by atoms with Crippen LogP contribution in [0.1, 0.15) is 42.9 Å². The number of carbonyl (C=O) groups is 1. The first-order valence-electron chi connectivity index (χ1n) is 11.4. The lowest BCUT2D eigenvalue weighted by molar-refractivity contribution is -0.137. The number of nitrogens with one attached hydrogen (secondary N) is 1. The van der Waals surface area contributed by atoms with Gasteiger partial charge >= 0.3 is 0 Å². The fourth-order valence-corrected chi connectivity index (χ4v) is 6.01. The maximum Gasteiger partial charge on any atom is 0.226 e. The zero-order valence-corrected chi connectivity index (χ0v) is 17.8. The van der Waals surface area contributed by atoms with Crippen molar-refractivity contribution in [2.24, 2.45) is 17.8 Å². The van der Waals surface area contributed by atoms with Gasteiger partial charge in [-0.15, -0.1) is 0 Å². The van der Waals surface area contributed by atoms with Crippen LogP contribution in [0, 0.1) is 17.8 Å². The summed E-state index contributed by atoms with van der Waals surface area (Å²) >= 11 is 0. The standard InChI is InChI=1S/C25H32N4O/c1-26-24-20(12-7-13-27-24)14-28-15-21-16-29(25(30)19-10-5-6-11-19)23(22(21)17-28)18-8-3-2-4-9-18/h2-4,7-9,12-13,19,21-23H,5-6,10-11,14-17H2,1H3,(H,26,27)/t21-,22-,23+/m0/s1. The van der Waals surface area contributed by atoms with E-state index >= 15 is 0 Å². The first-order valence-corrected chi connectivity index (χ1v) is 11.4. The average molecular weight is 405 g/mol. The van der Waals surface area contributed by atoms with Crippen LogP contribution in [-0.4, -0.2) is 47.4 Å². The lowest BCUT2D eigenvalue weighted by atomic mass is 9.89. The minimum absolute atomic E-state index is 0.215. The summed E-state index contributed by atoms with van der Waals surface area (Å²) in [6.45, 7) is 3.91. The van der Waals surface area contributed by atoms with Crippen LogP contribution in [0.4, 0.5) is 5.82 Å². The van der Waals surface area contributed by atoms with Crippen LogP contribution in [0.25, 0.3) is 0 Å². The van der Waals surface area contributed by atoms with Gasteiger partial charge in [0.25, 0.3) is 0 Å². The Hall–Kier alpha value is -2.40. The third kappa shape index (κ3) is 3.60. The number of nitrogens with zero attached hydrogens (tertiary/aromatic N) is 3. The molecule has 1 aromatic carbocycles. The van der Waals surface area contributed by atoms with Crippen LogP contribution >= 0.6 is 0 Å². The van der Waals surface area contributed by atoms with E-state index in [1.165, 1.54) is 24.0 Å². The van der Waals surface area contributed by atoms with Crippen LogP contribution in [0.5, 0.6) is 0 Å². The fraction of sp³-hybridized carbons (Fsp3) is 0.520. The highest BCUT2D eigenvalue weighted by atomic mass is 16.2. The van der Waals surface area contributed by atoms with Crippen molar-refractivity contribution in [3.05, 3.63) is 59.8 Å². The molecule has 1 aliphatic carbocycles. The van der Waals surface area contributed by atoms with E-state index in [2.05, 4.69) is 56.5 Å². The van der Waals surface area contributed by atoms with E-state index in [1.54, 1.807) is 0 Å². The number of aromatic nitrogens is 1. The topological polar surface area (TPSA) is 48.5 Å². The molecule has 5 heteroatoms. The summed E-state index contributed by atoms with van der Waals surface area (Å²) in [7, 11) is 1.93.